The van der Waals surface area contributed by atoms with E-state index in [4.69, 9.17) is 9.47 Å². The lowest BCUT2D eigenvalue weighted by Gasteiger charge is -2.39. The lowest BCUT2D eigenvalue weighted by molar-refractivity contribution is -0.277. The van der Waals surface area contributed by atoms with Crippen LogP contribution in [-0.4, -0.2) is 73.1 Å². The van der Waals surface area contributed by atoms with E-state index in [0.29, 0.717) is 11.1 Å². The topological polar surface area (TPSA) is 160 Å². The quantitative estimate of drug-likeness (QED) is 0.343. The standard InChI is InChI=1S/C20H22O9/c21-9-16-17(25)18(26)19(27)20(29-16)28-15-7-10(3-4-14(15)24)1-2-11-5-12(22)8-13(23)6-11/h1-8,16-27H,9H2/t16-,17-,18-,19-,20-/m0/s1. The van der Waals surface area contributed by atoms with Gasteiger partial charge in [-0.3, -0.25) is 0 Å². The molecule has 1 fully saturated rings. The van der Waals surface area contributed by atoms with Crippen LogP contribution in [0.4, 0.5) is 0 Å². The van der Waals surface area contributed by atoms with Gasteiger partial charge >= 0.3 is 0 Å². The molecule has 0 aliphatic carbocycles. The number of benzene rings is 2. The minimum atomic E-state index is -1.61. The minimum Gasteiger partial charge on any atom is -0.508 e. The molecule has 29 heavy (non-hydrogen) atoms. The molecule has 0 radical (unpaired) electrons. The summed E-state index contributed by atoms with van der Waals surface area (Å²) >= 11 is 0. The summed E-state index contributed by atoms with van der Waals surface area (Å²) in [6, 6.07) is 8.46. The predicted molar refractivity (Wildman–Crippen MR) is 101 cm³/mol. The van der Waals surface area contributed by atoms with E-state index in [1.165, 1.54) is 30.3 Å². The largest absolute Gasteiger partial charge is 0.508 e. The highest BCUT2D eigenvalue weighted by molar-refractivity contribution is 5.72. The number of hydrogen-bond donors (Lipinski definition) is 7. The van der Waals surface area contributed by atoms with Crippen molar-refractivity contribution in [3.05, 3.63) is 47.5 Å². The Morgan fingerprint density at radius 2 is 1.48 bits per heavy atom. The van der Waals surface area contributed by atoms with E-state index >= 15 is 0 Å². The number of aromatic hydroxyl groups is 3. The molecule has 0 amide bonds. The maximum atomic E-state index is 10.1. The van der Waals surface area contributed by atoms with E-state index in [0.717, 1.165) is 0 Å². The number of phenols is 3. The Balaban J connectivity index is 1.79. The Labute approximate surface area is 165 Å². The molecule has 1 aliphatic heterocycles. The van der Waals surface area contributed by atoms with E-state index in [-0.39, 0.29) is 23.0 Å². The summed E-state index contributed by atoms with van der Waals surface area (Å²) in [5, 5.41) is 68.0. The van der Waals surface area contributed by atoms with Crippen LogP contribution < -0.4 is 4.74 Å². The molecule has 2 aromatic rings. The molecule has 3 rings (SSSR count). The van der Waals surface area contributed by atoms with Crippen LogP contribution in [0.3, 0.4) is 0 Å². The minimum absolute atomic E-state index is 0.0600. The molecule has 0 aromatic heterocycles. The van der Waals surface area contributed by atoms with Crippen molar-refractivity contribution in [3.63, 3.8) is 0 Å². The Morgan fingerprint density at radius 1 is 0.828 bits per heavy atom. The molecule has 5 atom stereocenters. The van der Waals surface area contributed by atoms with Gasteiger partial charge in [-0.2, -0.15) is 0 Å². The number of aliphatic hydroxyl groups excluding tert-OH is 4. The first-order valence-electron chi connectivity index (χ1n) is 8.80. The van der Waals surface area contributed by atoms with Gasteiger partial charge < -0.3 is 45.2 Å². The third kappa shape index (κ3) is 4.78. The average molecular weight is 406 g/mol. The normalized spacial score (nSPS) is 27.2. The molecule has 9 heteroatoms. The van der Waals surface area contributed by atoms with Crippen molar-refractivity contribution in [2.45, 2.75) is 30.7 Å². The Bertz CT molecular complexity index is 860. The van der Waals surface area contributed by atoms with Crippen LogP contribution in [-0.2, 0) is 4.74 Å². The van der Waals surface area contributed by atoms with Crippen molar-refractivity contribution < 1.29 is 45.2 Å². The zero-order valence-electron chi connectivity index (χ0n) is 15.2. The fraction of sp³-hybridized carbons (Fsp3) is 0.300. The second-order valence-corrected chi connectivity index (χ2v) is 6.66. The third-order valence-corrected chi connectivity index (χ3v) is 4.47. The monoisotopic (exact) mass is 406 g/mol. The zero-order valence-corrected chi connectivity index (χ0v) is 15.2. The smallest absolute Gasteiger partial charge is 0.229 e. The van der Waals surface area contributed by atoms with Crippen LogP contribution in [0.25, 0.3) is 12.2 Å². The van der Waals surface area contributed by atoms with Crippen LogP contribution in [0.2, 0.25) is 0 Å². The lowest BCUT2D eigenvalue weighted by atomic mass is 9.99. The van der Waals surface area contributed by atoms with E-state index < -0.39 is 37.3 Å². The van der Waals surface area contributed by atoms with Crippen molar-refractivity contribution in [2.24, 2.45) is 0 Å². The van der Waals surface area contributed by atoms with E-state index in [9.17, 15) is 35.7 Å². The van der Waals surface area contributed by atoms with Gasteiger partial charge in [0.25, 0.3) is 0 Å². The van der Waals surface area contributed by atoms with Gasteiger partial charge in [-0.05, 0) is 35.4 Å². The molecule has 0 saturated carbocycles. The van der Waals surface area contributed by atoms with Gasteiger partial charge in [-0.15, -0.1) is 0 Å². The number of hydrogen-bond acceptors (Lipinski definition) is 9. The van der Waals surface area contributed by atoms with Crippen molar-refractivity contribution >= 4 is 12.2 Å². The highest BCUT2D eigenvalue weighted by Gasteiger charge is 2.44. The molecule has 0 spiro atoms. The summed E-state index contributed by atoms with van der Waals surface area (Å²) in [6.45, 7) is -0.601. The summed E-state index contributed by atoms with van der Waals surface area (Å²) in [4.78, 5) is 0. The van der Waals surface area contributed by atoms with Gasteiger partial charge in [0, 0.05) is 6.07 Å². The molecule has 1 heterocycles. The highest BCUT2D eigenvalue weighted by Crippen LogP contribution is 2.32. The summed E-state index contributed by atoms with van der Waals surface area (Å²) in [5.74, 6) is -0.506. The summed E-state index contributed by atoms with van der Waals surface area (Å²) in [7, 11) is 0. The fourth-order valence-electron chi connectivity index (χ4n) is 2.93. The molecular weight excluding hydrogens is 384 g/mol. The lowest BCUT2D eigenvalue weighted by Crippen LogP contribution is -2.60. The van der Waals surface area contributed by atoms with Crippen LogP contribution in [0, 0.1) is 0 Å². The molecule has 0 unspecified atom stereocenters. The molecule has 1 aliphatic rings. The zero-order chi connectivity index (χ0) is 21.1. The Morgan fingerprint density at radius 3 is 2.14 bits per heavy atom. The maximum absolute atomic E-state index is 10.1. The molecule has 0 bridgehead atoms. The number of phenolic OH excluding ortho intramolecular Hbond substituents is 3. The fourth-order valence-corrected chi connectivity index (χ4v) is 2.93. The van der Waals surface area contributed by atoms with Crippen molar-refractivity contribution in [3.8, 4) is 23.0 Å². The SMILES string of the molecule is OC[C@@H]1O[C@H](Oc2cc(C=Cc3cc(O)cc(O)c3)ccc2O)[C@@H](O)[C@@H](O)[C@H]1O. The van der Waals surface area contributed by atoms with Crippen molar-refractivity contribution in [1.29, 1.82) is 0 Å². The van der Waals surface area contributed by atoms with Gasteiger partial charge in [-0.25, -0.2) is 0 Å². The summed E-state index contributed by atoms with van der Waals surface area (Å²) in [5.41, 5.74) is 1.11. The molecule has 7 N–H and O–H groups in total. The molecule has 156 valence electrons. The first kappa shape index (κ1) is 20.9. The van der Waals surface area contributed by atoms with Crippen molar-refractivity contribution in [2.75, 3.05) is 6.61 Å². The third-order valence-electron chi connectivity index (χ3n) is 4.47. The van der Waals surface area contributed by atoms with Gasteiger partial charge in [0.15, 0.2) is 11.5 Å². The maximum Gasteiger partial charge on any atom is 0.229 e. The first-order valence-corrected chi connectivity index (χ1v) is 8.80. The van der Waals surface area contributed by atoms with Crippen LogP contribution in [0.5, 0.6) is 23.0 Å². The number of aliphatic hydroxyl groups is 4. The van der Waals surface area contributed by atoms with Crippen LogP contribution >= 0.6 is 0 Å². The number of rotatable bonds is 5. The van der Waals surface area contributed by atoms with Crippen LogP contribution in [0.15, 0.2) is 36.4 Å². The van der Waals surface area contributed by atoms with Crippen molar-refractivity contribution in [1.82, 2.24) is 0 Å². The van der Waals surface area contributed by atoms with E-state index in [2.05, 4.69) is 0 Å². The second-order valence-electron chi connectivity index (χ2n) is 6.66. The molecule has 2 aromatic carbocycles. The molecular formula is C20H22O9. The second kappa shape index (κ2) is 8.68. The summed E-state index contributed by atoms with van der Waals surface area (Å²) < 4.78 is 10.7. The molecule has 9 nitrogen and oxygen atoms in total. The van der Waals surface area contributed by atoms with Gasteiger partial charge in [0.1, 0.15) is 35.9 Å². The Kier molecular flexibility index (Phi) is 6.26. The average Bonchev–Trinajstić information content (AvgIpc) is 2.68. The number of ether oxygens (including phenoxy) is 2. The summed E-state index contributed by atoms with van der Waals surface area (Å²) in [6.07, 6.45) is -4.05. The highest BCUT2D eigenvalue weighted by atomic mass is 16.7. The van der Waals surface area contributed by atoms with Gasteiger partial charge in [0.05, 0.1) is 6.61 Å². The predicted octanol–water partition coefficient (Wildman–Crippen LogP) is 0.152. The first-order chi connectivity index (χ1) is 13.8. The Hall–Kier alpha value is -2.82. The van der Waals surface area contributed by atoms with E-state index in [1.807, 2.05) is 0 Å². The van der Waals surface area contributed by atoms with Crippen LogP contribution in [0.1, 0.15) is 11.1 Å². The van der Waals surface area contributed by atoms with Gasteiger partial charge in [0.2, 0.25) is 6.29 Å². The van der Waals surface area contributed by atoms with E-state index in [1.54, 1.807) is 18.2 Å². The molecule has 1 saturated heterocycles. The van der Waals surface area contributed by atoms with Gasteiger partial charge in [-0.1, -0.05) is 18.2 Å².